The van der Waals surface area contributed by atoms with Crippen molar-refractivity contribution in [2.24, 2.45) is 9.98 Å². The van der Waals surface area contributed by atoms with Gasteiger partial charge in [-0.25, -0.2) is 0 Å². The Balaban J connectivity index is 0.00000544. The minimum absolute atomic E-state index is 0. The molecule has 0 spiro atoms. The van der Waals surface area contributed by atoms with Crippen LogP contribution < -0.4 is 18.4 Å². The van der Waals surface area contributed by atoms with Crippen LogP contribution >= 0.6 is 0 Å². The van der Waals surface area contributed by atoms with Gasteiger partial charge in [-0.1, -0.05) is 0 Å². The van der Waals surface area contributed by atoms with Crippen LogP contribution in [0.4, 0.5) is 11.4 Å². The summed E-state index contributed by atoms with van der Waals surface area (Å²) in [4.78, 5) is 8.43. The van der Waals surface area contributed by atoms with Gasteiger partial charge >= 0.3 is 0 Å². The average Bonchev–Trinajstić information content (AvgIpc) is 2.70. The molecule has 0 heterocycles. The maximum absolute atomic E-state index is 10.4. The van der Waals surface area contributed by atoms with Gasteiger partial charge < -0.3 is 19.7 Å². The van der Waals surface area contributed by atoms with Gasteiger partial charge in [-0.15, -0.1) is 0 Å². The van der Waals surface area contributed by atoms with Crippen LogP contribution in [0.15, 0.2) is 46.7 Å². The van der Waals surface area contributed by atoms with Crippen molar-refractivity contribution in [1.82, 2.24) is 8.97 Å². The summed E-state index contributed by atoms with van der Waals surface area (Å²) in [5, 5.41) is 20.8. The molecule has 2 aromatic carbocycles. The molecule has 0 fully saturated rings. The van der Waals surface area contributed by atoms with Crippen molar-refractivity contribution in [2.45, 2.75) is 0 Å². The molecule has 9 heteroatoms. The van der Waals surface area contributed by atoms with Gasteiger partial charge in [0, 0.05) is 77.3 Å². The van der Waals surface area contributed by atoms with Gasteiger partial charge in [0.2, 0.25) is 0 Å². The molecule has 0 saturated carbocycles. The fourth-order valence-corrected chi connectivity index (χ4v) is 2.83. The predicted molar refractivity (Wildman–Crippen MR) is 133 cm³/mol. The number of aromatic hydroxyl groups is 2. The first-order chi connectivity index (χ1) is 14.9. The van der Waals surface area contributed by atoms with Gasteiger partial charge in [0.15, 0.2) is 23.0 Å². The molecule has 2 N–H and O–H groups in total. The van der Waals surface area contributed by atoms with E-state index in [9.17, 15) is 10.2 Å². The second kappa shape index (κ2) is 11.3. The number of rotatable bonds is 8. The summed E-state index contributed by atoms with van der Waals surface area (Å²) in [6.07, 6.45) is 6.08. The van der Waals surface area contributed by atoms with Crippen LogP contribution in [0.2, 0.25) is 0 Å². The topological polar surface area (TPSA) is 83.6 Å². The fraction of sp³-hybridized carbons (Fsp3) is 0.333. The molecule has 2 rings (SSSR count). The summed E-state index contributed by atoms with van der Waals surface area (Å²) in [5.41, 5.74) is 3.01. The quantitative estimate of drug-likeness (QED) is 0.332. The minimum atomic E-state index is 0. The van der Waals surface area contributed by atoms with E-state index in [2.05, 4.69) is 9.98 Å². The van der Waals surface area contributed by atoms with Gasteiger partial charge in [0.25, 0.3) is 0 Å². The Morgan fingerprint density at radius 2 is 1.00 bits per heavy atom. The minimum Gasteiger partial charge on any atom is -0.504 e. The standard InChI is InChI=1S/C24H32N4O4.Mn/c1-27(2,3)19-11-17(23(29)21(13-19)31-7)15-25-9-10-26-16-18-12-20(28(4,5)6)14-22(32-8)24(18)30;/h9-16H,1-8H3;/p+2/b10-9-;. The van der Waals surface area contributed by atoms with Crippen molar-refractivity contribution in [3.05, 3.63) is 47.8 Å². The third-order valence-electron chi connectivity index (χ3n) is 4.83. The van der Waals surface area contributed by atoms with Gasteiger partial charge in [0.05, 0.1) is 56.5 Å². The van der Waals surface area contributed by atoms with E-state index in [1.165, 1.54) is 26.6 Å². The van der Waals surface area contributed by atoms with E-state index in [0.717, 1.165) is 11.4 Å². The predicted octanol–water partition coefficient (Wildman–Crippen LogP) is 3.52. The van der Waals surface area contributed by atoms with Crippen molar-refractivity contribution in [3.8, 4) is 23.0 Å². The molecule has 0 aromatic heterocycles. The summed E-state index contributed by atoms with van der Waals surface area (Å²) in [7, 11) is 15.2. The number of benzene rings is 2. The van der Waals surface area contributed by atoms with Crippen LogP contribution in [0.25, 0.3) is 0 Å². The van der Waals surface area contributed by atoms with E-state index in [-0.39, 0.29) is 28.6 Å². The molecule has 179 valence electrons. The number of aliphatic imine (C=N–C) groups is 2. The summed E-state index contributed by atoms with van der Waals surface area (Å²) in [5.74, 6) is 0.833. The molecule has 0 amide bonds. The molecule has 0 aliphatic heterocycles. The summed E-state index contributed by atoms with van der Waals surface area (Å²) in [6, 6.07) is 7.33. The average molecular weight is 497 g/mol. The van der Waals surface area contributed by atoms with Crippen LogP contribution in [0.3, 0.4) is 0 Å². The Kier molecular flexibility index (Phi) is 9.69. The van der Waals surface area contributed by atoms with Crippen LogP contribution in [0.5, 0.6) is 23.0 Å². The zero-order valence-electron chi connectivity index (χ0n) is 20.5. The number of hydrogen-bond donors (Lipinski definition) is 2. The van der Waals surface area contributed by atoms with Crippen molar-refractivity contribution >= 4 is 23.8 Å². The van der Waals surface area contributed by atoms with Crippen molar-refractivity contribution in [3.63, 3.8) is 0 Å². The Morgan fingerprint density at radius 1 is 0.667 bits per heavy atom. The first-order valence-electron chi connectivity index (χ1n) is 10.1. The number of quaternary nitrogens is 2. The van der Waals surface area contributed by atoms with Crippen LogP contribution in [0, 0.1) is 0 Å². The zero-order valence-corrected chi connectivity index (χ0v) is 21.7. The Bertz CT molecular complexity index is 968. The SMILES string of the molecule is COc1cc([N+](C)(C)C)cc(C=N/C=C\N=Cc2cc([N+](C)(C)C)cc(OC)c2O)c1O.[Mn]. The van der Waals surface area contributed by atoms with Crippen molar-refractivity contribution < 1.29 is 36.8 Å². The first kappa shape index (κ1) is 28.2. The van der Waals surface area contributed by atoms with Crippen LogP contribution in [-0.2, 0) is 17.1 Å². The van der Waals surface area contributed by atoms with E-state index in [1.807, 2.05) is 54.4 Å². The first-order valence-corrected chi connectivity index (χ1v) is 10.1. The molecule has 33 heavy (non-hydrogen) atoms. The number of ether oxygens (including phenoxy) is 2. The number of nitrogens with zero attached hydrogens (tertiary/aromatic N) is 4. The molecule has 0 unspecified atom stereocenters. The molecular weight excluding hydrogens is 463 g/mol. The van der Waals surface area contributed by atoms with Crippen LogP contribution in [-0.4, -0.2) is 79.1 Å². The zero-order chi connectivity index (χ0) is 24.1. The Morgan fingerprint density at radius 3 is 1.27 bits per heavy atom. The molecule has 1 radical (unpaired) electrons. The second-order valence-corrected chi connectivity index (χ2v) is 9.05. The van der Waals surface area contributed by atoms with Gasteiger partial charge in [-0.2, -0.15) is 0 Å². The molecule has 0 aliphatic carbocycles. The van der Waals surface area contributed by atoms with Crippen molar-refractivity contribution in [1.29, 1.82) is 0 Å². The third-order valence-corrected chi connectivity index (χ3v) is 4.83. The molecule has 2 aromatic rings. The largest absolute Gasteiger partial charge is 0.504 e. The summed E-state index contributed by atoms with van der Waals surface area (Å²) < 4.78 is 11.7. The number of phenols is 2. The van der Waals surface area contributed by atoms with E-state index in [0.29, 0.717) is 31.6 Å². The maximum Gasteiger partial charge on any atom is 0.167 e. The van der Waals surface area contributed by atoms with Gasteiger partial charge in [-0.05, 0) is 0 Å². The molecular formula is C24H34MnN4O4+2. The van der Waals surface area contributed by atoms with E-state index in [4.69, 9.17) is 9.47 Å². The smallest absolute Gasteiger partial charge is 0.167 e. The molecule has 0 bridgehead atoms. The second-order valence-electron chi connectivity index (χ2n) is 9.05. The summed E-state index contributed by atoms with van der Waals surface area (Å²) >= 11 is 0. The number of methoxy groups -OCH3 is 2. The molecule has 8 nitrogen and oxygen atoms in total. The molecule has 0 atom stereocenters. The maximum atomic E-state index is 10.4. The van der Waals surface area contributed by atoms with Gasteiger partial charge in [0.1, 0.15) is 11.4 Å². The van der Waals surface area contributed by atoms with Crippen LogP contribution in [0.1, 0.15) is 11.1 Å². The van der Waals surface area contributed by atoms with Crippen molar-refractivity contribution in [2.75, 3.05) is 56.5 Å². The fourth-order valence-electron chi connectivity index (χ4n) is 2.83. The van der Waals surface area contributed by atoms with E-state index < -0.39 is 0 Å². The molecule has 0 saturated heterocycles. The number of phenolic OH excluding ortho intramolecular Hbond substituents is 2. The van der Waals surface area contributed by atoms with E-state index in [1.54, 1.807) is 24.6 Å². The normalized spacial score (nSPS) is 12.5. The monoisotopic (exact) mass is 497 g/mol. The third kappa shape index (κ3) is 7.33. The van der Waals surface area contributed by atoms with Gasteiger partial charge in [-0.3, -0.25) is 19.0 Å². The number of hydrogen-bond acceptors (Lipinski definition) is 6. The Hall–Kier alpha value is -2.84. The van der Waals surface area contributed by atoms with E-state index >= 15 is 0 Å². The molecule has 0 aliphatic rings. The Labute approximate surface area is 206 Å². The summed E-state index contributed by atoms with van der Waals surface area (Å²) in [6.45, 7) is 0.